The first-order valence-corrected chi connectivity index (χ1v) is 8.29. The third kappa shape index (κ3) is 3.60. The fourth-order valence-electron chi connectivity index (χ4n) is 3.30. The Morgan fingerprint density at radius 2 is 1.86 bits per heavy atom. The summed E-state index contributed by atoms with van der Waals surface area (Å²) in [6.45, 7) is 1.62. The highest BCUT2D eigenvalue weighted by Gasteiger charge is 2.47. The van der Waals surface area contributed by atoms with E-state index in [4.69, 9.17) is 5.73 Å². The average molecular weight is 393 g/mol. The number of carbonyl (C=O) groups excluding carboxylic acids is 1. The summed E-state index contributed by atoms with van der Waals surface area (Å²) in [6.07, 6.45) is -4.85. The molecule has 2 aromatic rings. The lowest BCUT2D eigenvalue weighted by Crippen LogP contribution is -2.52. The summed E-state index contributed by atoms with van der Waals surface area (Å²) in [6, 6.07) is 11.3. The van der Waals surface area contributed by atoms with Crippen molar-refractivity contribution in [3.05, 3.63) is 59.7 Å². The lowest BCUT2D eigenvalue weighted by atomic mass is 9.74. The smallest absolute Gasteiger partial charge is 0.508 e. The van der Waals surface area contributed by atoms with E-state index in [-0.39, 0.29) is 17.6 Å². The third-order valence-corrected chi connectivity index (χ3v) is 4.71. The molecule has 0 bridgehead atoms. The monoisotopic (exact) mass is 393 g/mol. The van der Waals surface area contributed by atoms with Crippen LogP contribution in [0.15, 0.2) is 53.5 Å². The van der Waals surface area contributed by atoms with Crippen LogP contribution < -0.4 is 10.5 Å². The van der Waals surface area contributed by atoms with Crippen molar-refractivity contribution < 1.29 is 27.8 Å². The Morgan fingerprint density at radius 3 is 2.46 bits per heavy atom. The molecule has 0 saturated carbocycles. The molecular weight excluding hydrogens is 375 g/mol. The van der Waals surface area contributed by atoms with Crippen LogP contribution in [0.4, 0.5) is 13.2 Å². The van der Waals surface area contributed by atoms with Crippen molar-refractivity contribution in [3.8, 4) is 11.5 Å². The Hall–Kier alpha value is -3.23. The zero-order chi connectivity index (χ0) is 20.7. The van der Waals surface area contributed by atoms with E-state index in [0.717, 1.165) is 0 Å². The molecule has 6 nitrogen and oxygen atoms in total. The van der Waals surface area contributed by atoms with Gasteiger partial charge in [-0.1, -0.05) is 24.3 Å². The Balaban J connectivity index is 2.15. The predicted octanol–water partition coefficient (Wildman–Crippen LogP) is 3.08. The van der Waals surface area contributed by atoms with Crippen LogP contribution in [0.5, 0.6) is 11.5 Å². The molecule has 0 saturated heterocycles. The lowest BCUT2D eigenvalue weighted by molar-refractivity contribution is -0.274. The molecule has 9 heteroatoms. The van der Waals surface area contributed by atoms with E-state index >= 15 is 0 Å². The highest BCUT2D eigenvalue weighted by Crippen LogP contribution is 2.45. The molecule has 0 aliphatic carbocycles. The highest BCUT2D eigenvalue weighted by molar-refractivity contribution is 6.02. The summed E-state index contributed by atoms with van der Waals surface area (Å²) in [5.74, 6) is -1.69. The van der Waals surface area contributed by atoms with Crippen LogP contribution in [0.1, 0.15) is 24.0 Å². The molecule has 2 aromatic carbocycles. The number of carbonyl (C=O) groups is 1. The number of aromatic hydroxyl groups is 1. The number of rotatable bonds is 3. The third-order valence-electron chi connectivity index (χ3n) is 4.71. The van der Waals surface area contributed by atoms with Crippen molar-refractivity contribution in [1.29, 1.82) is 0 Å². The van der Waals surface area contributed by atoms with E-state index < -0.39 is 23.6 Å². The van der Waals surface area contributed by atoms with Gasteiger partial charge in [0.25, 0.3) is 0 Å². The Bertz CT molecular complexity index is 928. The molecule has 0 aromatic heterocycles. The van der Waals surface area contributed by atoms with Crippen molar-refractivity contribution in [2.45, 2.75) is 24.7 Å². The molecule has 1 amide bonds. The summed E-state index contributed by atoms with van der Waals surface area (Å²) in [5.41, 5.74) is 5.48. The summed E-state index contributed by atoms with van der Waals surface area (Å²) in [7, 11) is 1.47. The first-order chi connectivity index (χ1) is 13.0. The molecule has 28 heavy (non-hydrogen) atoms. The normalized spacial score (nSPS) is 22.8. The Kier molecular flexibility index (Phi) is 4.70. The van der Waals surface area contributed by atoms with Gasteiger partial charge in [-0.2, -0.15) is 0 Å². The number of aliphatic imine (C=N–C) groups is 1. The van der Waals surface area contributed by atoms with Crippen LogP contribution in [0.3, 0.4) is 0 Å². The minimum absolute atomic E-state index is 0.0191. The lowest BCUT2D eigenvalue weighted by Gasteiger charge is -2.41. The van der Waals surface area contributed by atoms with Gasteiger partial charge in [0.05, 0.1) is 5.92 Å². The number of benzene rings is 2. The molecular formula is C19H18F3N3O3. The van der Waals surface area contributed by atoms with Crippen molar-refractivity contribution >= 4 is 11.9 Å². The van der Waals surface area contributed by atoms with Gasteiger partial charge in [-0.15, -0.1) is 13.2 Å². The summed E-state index contributed by atoms with van der Waals surface area (Å²) >= 11 is 0. The molecule has 2 atom stereocenters. The van der Waals surface area contributed by atoms with Crippen molar-refractivity contribution in [1.82, 2.24) is 4.90 Å². The van der Waals surface area contributed by atoms with Crippen LogP contribution in [-0.4, -0.2) is 35.3 Å². The molecule has 1 aliphatic rings. The van der Waals surface area contributed by atoms with Crippen LogP contribution in [0.2, 0.25) is 0 Å². The molecule has 0 spiro atoms. The number of nitrogens with zero attached hydrogens (tertiary/aromatic N) is 2. The number of phenolic OH excluding ortho intramolecular Hbond substituents is 1. The minimum atomic E-state index is -4.85. The number of guanidine groups is 1. The van der Waals surface area contributed by atoms with Crippen LogP contribution >= 0.6 is 0 Å². The second-order valence-corrected chi connectivity index (χ2v) is 6.61. The maximum absolute atomic E-state index is 13.0. The minimum Gasteiger partial charge on any atom is -0.508 e. The molecule has 1 aliphatic heterocycles. The molecule has 148 valence electrons. The number of hydrogen-bond acceptors (Lipinski definition) is 5. The summed E-state index contributed by atoms with van der Waals surface area (Å²) in [4.78, 5) is 18.6. The van der Waals surface area contributed by atoms with Gasteiger partial charge in [-0.25, -0.2) is 4.99 Å². The number of likely N-dealkylation sites (N-methyl/N-ethyl adjacent to an activating group) is 1. The van der Waals surface area contributed by atoms with Crippen molar-refractivity contribution in [2.75, 3.05) is 7.05 Å². The number of nitrogens with two attached hydrogens (primary N) is 1. The van der Waals surface area contributed by atoms with Crippen LogP contribution in [0, 0.1) is 0 Å². The summed E-state index contributed by atoms with van der Waals surface area (Å²) < 4.78 is 41.8. The molecule has 3 N–H and O–H groups in total. The number of phenols is 1. The van der Waals surface area contributed by atoms with E-state index in [0.29, 0.717) is 11.1 Å². The van der Waals surface area contributed by atoms with Gasteiger partial charge < -0.3 is 15.6 Å². The molecule has 0 unspecified atom stereocenters. The van der Waals surface area contributed by atoms with Crippen molar-refractivity contribution in [2.24, 2.45) is 10.7 Å². The van der Waals surface area contributed by atoms with Gasteiger partial charge in [0.1, 0.15) is 17.0 Å². The maximum Gasteiger partial charge on any atom is 0.573 e. The molecule has 0 radical (unpaired) electrons. The van der Waals surface area contributed by atoms with Gasteiger partial charge in [0.15, 0.2) is 5.96 Å². The SMILES string of the molecule is CN1C(=O)[C@@H](c2ccc(O)cc2)[C@@](C)(c2cccc(OC(F)(F)F)c2)N=C1N. The zero-order valence-corrected chi connectivity index (χ0v) is 15.1. The molecule has 1 heterocycles. The van der Waals surface area contributed by atoms with Gasteiger partial charge in [-0.3, -0.25) is 9.69 Å². The molecule has 3 rings (SSSR count). The van der Waals surface area contributed by atoms with E-state index in [1.165, 1.54) is 42.3 Å². The Labute approximate surface area is 159 Å². The number of amides is 1. The number of alkyl halides is 3. The fourth-order valence-corrected chi connectivity index (χ4v) is 3.30. The standard InChI is InChI=1S/C19H18F3N3O3/c1-18(12-4-3-5-14(10-12)28-19(20,21)22)15(11-6-8-13(26)9-7-11)16(27)25(2)17(23)24-18/h3-10,15,26H,1-2H3,(H2,23,24)/t15-,18-/m1/s1. The second kappa shape index (κ2) is 6.74. The predicted molar refractivity (Wildman–Crippen MR) is 95.7 cm³/mol. The fraction of sp³-hybridized carbons (Fsp3) is 0.263. The van der Waals surface area contributed by atoms with E-state index in [2.05, 4.69) is 9.73 Å². The molecule has 0 fully saturated rings. The van der Waals surface area contributed by atoms with Crippen LogP contribution in [0.25, 0.3) is 0 Å². The van der Waals surface area contributed by atoms with E-state index in [9.17, 15) is 23.1 Å². The average Bonchev–Trinajstić information content (AvgIpc) is 2.60. The van der Waals surface area contributed by atoms with E-state index in [1.54, 1.807) is 25.1 Å². The van der Waals surface area contributed by atoms with E-state index in [1.807, 2.05) is 0 Å². The number of halogens is 3. The summed E-state index contributed by atoms with van der Waals surface area (Å²) in [5, 5.41) is 9.54. The largest absolute Gasteiger partial charge is 0.573 e. The number of hydrogen-bond donors (Lipinski definition) is 2. The zero-order valence-electron chi connectivity index (χ0n) is 15.1. The first kappa shape index (κ1) is 19.5. The topological polar surface area (TPSA) is 88.2 Å². The highest BCUT2D eigenvalue weighted by atomic mass is 19.4. The second-order valence-electron chi connectivity index (χ2n) is 6.61. The van der Waals surface area contributed by atoms with Gasteiger partial charge in [-0.05, 0) is 42.3 Å². The van der Waals surface area contributed by atoms with Gasteiger partial charge in [0, 0.05) is 7.05 Å². The number of ether oxygens (including phenoxy) is 1. The first-order valence-electron chi connectivity index (χ1n) is 8.29. The van der Waals surface area contributed by atoms with Crippen LogP contribution in [-0.2, 0) is 10.3 Å². The quantitative estimate of drug-likeness (QED) is 0.839. The van der Waals surface area contributed by atoms with Crippen molar-refractivity contribution in [3.63, 3.8) is 0 Å². The van der Waals surface area contributed by atoms with Gasteiger partial charge >= 0.3 is 6.36 Å². The Morgan fingerprint density at radius 1 is 1.21 bits per heavy atom. The van der Waals surface area contributed by atoms with Gasteiger partial charge in [0.2, 0.25) is 5.91 Å². The maximum atomic E-state index is 13.0.